The molecule has 1 aromatic carbocycles. The minimum absolute atomic E-state index is 0.0152. The van der Waals surface area contributed by atoms with E-state index in [-0.39, 0.29) is 24.2 Å². The van der Waals surface area contributed by atoms with E-state index < -0.39 is 0 Å². The van der Waals surface area contributed by atoms with Gasteiger partial charge in [0.1, 0.15) is 18.2 Å². The summed E-state index contributed by atoms with van der Waals surface area (Å²) < 4.78 is 6.02. The minimum Gasteiger partial charge on any atom is -0.474 e. The average molecular weight is 383 g/mol. The van der Waals surface area contributed by atoms with Crippen molar-refractivity contribution in [2.24, 2.45) is 11.8 Å². The SMILES string of the molecule is C[C@H]1C[C@H](Oc2cc(N[C@H]3c4ccccc4C[C@H]3CN(C)C)ncn2)C[C@@H]1O. The summed E-state index contributed by atoms with van der Waals surface area (Å²) in [5.41, 5.74) is 2.76. The first-order valence-corrected chi connectivity index (χ1v) is 10.2. The third-order valence-corrected chi connectivity index (χ3v) is 5.97. The fourth-order valence-electron chi connectivity index (χ4n) is 4.59. The van der Waals surface area contributed by atoms with E-state index in [1.807, 2.05) is 6.07 Å². The lowest BCUT2D eigenvalue weighted by atomic mass is 10.00. The van der Waals surface area contributed by atoms with Crippen molar-refractivity contribution in [2.75, 3.05) is 26.0 Å². The molecular weight excluding hydrogens is 352 g/mol. The van der Waals surface area contributed by atoms with Crippen LogP contribution in [0.15, 0.2) is 36.7 Å². The number of ether oxygens (including phenoxy) is 1. The predicted molar refractivity (Wildman–Crippen MR) is 109 cm³/mol. The van der Waals surface area contributed by atoms with Gasteiger partial charge in [0.2, 0.25) is 5.88 Å². The zero-order valence-corrected chi connectivity index (χ0v) is 16.9. The van der Waals surface area contributed by atoms with E-state index in [9.17, 15) is 5.11 Å². The molecule has 1 aromatic heterocycles. The van der Waals surface area contributed by atoms with Crippen molar-refractivity contribution in [1.82, 2.24) is 14.9 Å². The second-order valence-corrected chi connectivity index (χ2v) is 8.54. The maximum atomic E-state index is 9.96. The van der Waals surface area contributed by atoms with Crippen LogP contribution in [0.25, 0.3) is 0 Å². The number of aliphatic hydroxyl groups is 1. The largest absolute Gasteiger partial charge is 0.474 e. The van der Waals surface area contributed by atoms with Gasteiger partial charge < -0.3 is 20.1 Å². The molecule has 2 aliphatic carbocycles. The van der Waals surface area contributed by atoms with Gasteiger partial charge in [0.15, 0.2) is 0 Å². The van der Waals surface area contributed by atoms with Gasteiger partial charge in [-0.05, 0) is 44.0 Å². The molecule has 28 heavy (non-hydrogen) atoms. The van der Waals surface area contributed by atoms with E-state index in [1.54, 1.807) is 6.33 Å². The van der Waals surface area contributed by atoms with Crippen molar-refractivity contribution in [1.29, 1.82) is 0 Å². The van der Waals surface area contributed by atoms with Crippen LogP contribution < -0.4 is 10.1 Å². The molecule has 0 unspecified atom stereocenters. The van der Waals surface area contributed by atoms with E-state index in [4.69, 9.17) is 4.74 Å². The molecule has 6 heteroatoms. The average Bonchev–Trinajstić information content (AvgIpc) is 3.14. The summed E-state index contributed by atoms with van der Waals surface area (Å²) >= 11 is 0. The molecule has 1 fully saturated rings. The smallest absolute Gasteiger partial charge is 0.218 e. The molecule has 6 nitrogen and oxygen atoms in total. The Kier molecular flexibility index (Phi) is 5.51. The number of hydrogen-bond acceptors (Lipinski definition) is 6. The molecular formula is C22H30N4O2. The number of rotatable bonds is 6. The standard InChI is InChI=1S/C22H30N4O2/c1-14-8-17(10-19(14)27)28-21-11-20(23-13-24-21)25-22-16(12-26(2)3)9-15-6-4-5-7-18(15)22/h4-7,11,13-14,16-17,19,22,27H,8-10,12H2,1-3H3,(H,23,24,25)/t14-,16-,17-,19-,22+/m0/s1. The van der Waals surface area contributed by atoms with Crippen molar-refractivity contribution in [3.8, 4) is 5.88 Å². The van der Waals surface area contributed by atoms with E-state index in [1.165, 1.54) is 11.1 Å². The van der Waals surface area contributed by atoms with Gasteiger partial charge in [-0.2, -0.15) is 0 Å². The van der Waals surface area contributed by atoms with Gasteiger partial charge in [-0.25, -0.2) is 9.97 Å². The Bertz CT molecular complexity index is 803. The zero-order valence-electron chi connectivity index (χ0n) is 16.9. The summed E-state index contributed by atoms with van der Waals surface area (Å²) in [6.07, 6.45) is 3.86. The lowest BCUT2D eigenvalue weighted by Gasteiger charge is -2.25. The van der Waals surface area contributed by atoms with Crippen molar-refractivity contribution >= 4 is 5.82 Å². The number of aliphatic hydroxyl groups excluding tert-OH is 1. The number of hydrogen-bond donors (Lipinski definition) is 2. The first-order valence-electron chi connectivity index (χ1n) is 10.2. The third-order valence-electron chi connectivity index (χ3n) is 5.97. The van der Waals surface area contributed by atoms with Crippen molar-refractivity contribution in [2.45, 2.75) is 44.4 Å². The molecule has 2 aromatic rings. The summed E-state index contributed by atoms with van der Waals surface area (Å²) in [4.78, 5) is 10.9. The minimum atomic E-state index is -0.286. The van der Waals surface area contributed by atoms with E-state index in [0.29, 0.717) is 18.2 Å². The molecule has 0 bridgehead atoms. The molecule has 4 rings (SSSR count). The van der Waals surface area contributed by atoms with Crippen LogP contribution in [-0.2, 0) is 6.42 Å². The van der Waals surface area contributed by atoms with Crippen LogP contribution in [0, 0.1) is 11.8 Å². The van der Waals surface area contributed by atoms with Crippen LogP contribution in [0.5, 0.6) is 5.88 Å². The summed E-state index contributed by atoms with van der Waals surface area (Å²) in [6.45, 7) is 3.07. The van der Waals surface area contributed by atoms with E-state index in [0.717, 1.165) is 25.2 Å². The van der Waals surface area contributed by atoms with Crippen LogP contribution in [0.1, 0.15) is 36.9 Å². The quantitative estimate of drug-likeness (QED) is 0.801. The number of benzene rings is 1. The van der Waals surface area contributed by atoms with Crippen LogP contribution in [-0.4, -0.2) is 52.8 Å². The highest BCUT2D eigenvalue weighted by Gasteiger charge is 2.33. The Hall–Kier alpha value is -2.18. The second kappa shape index (κ2) is 8.05. The normalized spacial score (nSPS) is 29.1. The maximum Gasteiger partial charge on any atom is 0.218 e. The molecule has 1 heterocycles. The Morgan fingerprint density at radius 1 is 1.21 bits per heavy atom. The topological polar surface area (TPSA) is 70.5 Å². The summed E-state index contributed by atoms with van der Waals surface area (Å²) in [6, 6.07) is 10.7. The van der Waals surface area contributed by atoms with Crippen LogP contribution in [0.3, 0.4) is 0 Å². The molecule has 0 aliphatic heterocycles. The fourth-order valence-corrected chi connectivity index (χ4v) is 4.59. The second-order valence-electron chi connectivity index (χ2n) is 8.54. The third kappa shape index (κ3) is 4.13. The fraction of sp³-hybridized carbons (Fsp3) is 0.545. The van der Waals surface area contributed by atoms with Crippen molar-refractivity contribution in [3.63, 3.8) is 0 Å². The number of fused-ring (bicyclic) bond motifs is 1. The highest BCUT2D eigenvalue weighted by atomic mass is 16.5. The molecule has 1 saturated carbocycles. The summed E-state index contributed by atoms with van der Waals surface area (Å²) in [5, 5.41) is 13.6. The van der Waals surface area contributed by atoms with Gasteiger partial charge in [0, 0.05) is 24.9 Å². The molecule has 150 valence electrons. The molecule has 0 radical (unpaired) electrons. The number of anilines is 1. The lowest BCUT2D eigenvalue weighted by molar-refractivity contribution is 0.128. The van der Waals surface area contributed by atoms with Crippen molar-refractivity contribution in [3.05, 3.63) is 47.8 Å². The van der Waals surface area contributed by atoms with Crippen LogP contribution >= 0.6 is 0 Å². The van der Waals surface area contributed by atoms with Crippen LogP contribution in [0.4, 0.5) is 5.82 Å². The monoisotopic (exact) mass is 382 g/mol. The van der Waals surface area contributed by atoms with Gasteiger partial charge in [0.05, 0.1) is 12.1 Å². The molecule has 2 aliphatic rings. The Labute approximate surface area is 167 Å². The molecule has 0 saturated heterocycles. The van der Waals surface area contributed by atoms with Crippen molar-refractivity contribution < 1.29 is 9.84 Å². The Morgan fingerprint density at radius 2 is 2.04 bits per heavy atom. The first-order chi connectivity index (χ1) is 13.5. The number of nitrogens with one attached hydrogen (secondary N) is 1. The number of nitrogens with zero attached hydrogens (tertiary/aromatic N) is 3. The van der Waals surface area contributed by atoms with E-state index >= 15 is 0 Å². The van der Waals surface area contributed by atoms with Gasteiger partial charge in [-0.1, -0.05) is 31.2 Å². The lowest BCUT2D eigenvalue weighted by Crippen LogP contribution is -2.28. The zero-order chi connectivity index (χ0) is 19.7. The van der Waals surface area contributed by atoms with Gasteiger partial charge in [0.25, 0.3) is 0 Å². The summed E-state index contributed by atoms with van der Waals surface area (Å²) in [7, 11) is 4.24. The Balaban J connectivity index is 1.49. The molecule has 5 atom stereocenters. The molecule has 2 N–H and O–H groups in total. The van der Waals surface area contributed by atoms with Crippen LogP contribution in [0.2, 0.25) is 0 Å². The maximum absolute atomic E-state index is 9.96. The van der Waals surface area contributed by atoms with Gasteiger partial charge in [-0.15, -0.1) is 0 Å². The summed E-state index contributed by atoms with van der Waals surface area (Å²) in [5.74, 6) is 2.10. The van der Waals surface area contributed by atoms with Gasteiger partial charge in [-0.3, -0.25) is 0 Å². The molecule has 0 spiro atoms. The molecule has 0 amide bonds. The first kappa shape index (κ1) is 19.2. The Morgan fingerprint density at radius 3 is 2.79 bits per heavy atom. The highest BCUT2D eigenvalue weighted by Crippen LogP contribution is 2.38. The number of aromatic nitrogens is 2. The predicted octanol–water partition coefficient (Wildman–Crippen LogP) is 2.90. The van der Waals surface area contributed by atoms with Gasteiger partial charge >= 0.3 is 0 Å². The van der Waals surface area contributed by atoms with E-state index in [2.05, 4.69) is 65.5 Å². The highest BCUT2D eigenvalue weighted by molar-refractivity contribution is 5.45.